The molecule has 0 N–H and O–H groups in total. The molecule has 0 atom stereocenters. The van der Waals surface area contributed by atoms with E-state index in [0.717, 1.165) is 128 Å². The maximum absolute atomic E-state index is 14.1. The largest absolute Gasteiger partial charge is 0.268 e. The van der Waals surface area contributed by atoms with Gasteiger partial charge in [-0.05, 0) is 268 Å². The average molecular weight is 1470 g/mol. The Morgan fingerprint density at radius 3 is 0.754 bits per heavy atom. The Morgan fingerprint density at radius 1 is 0.202 bits per heavy atom. The molecule has 0 aliphatic carbocycles. The van der Waals surface area contributed by atoms with Gasteiger partial charge in [0.05, 0.1) is 55.0 Å². The van der Waals surface area contributed by atoms with Gasteiger partial charge in [-0.15, -0.1) is 0 Å². The topological polar surface area (TPSA) is 163 Å². The fraction of sp³-hybridized carbons (Fsp3) is 0. The second kappa shape index (κ2) is 27.1. The summed E-state index contributed by atoms with van der Waals surface area (Å²) in [6.45, 7) is 0. The van der Waals surface area contributed by atoms with Gasteiger partial charge in [0, 0.05) is 42.7 Å². The quantitative estimate of drug-likeness (QED) is 0.108. The summed E-state index contributed by atoms with van der Waals surface area (Å²) in [6.07, 6.45) is 11.0. The molecule has 14 heteroatoms. The molecule has 534 valence electrons. The van der Waals surface area contributed by atoms with Crippen LogP contribution in [0.3, 0.4) is 0 Å². The van der Waals surface area contributed by atoms with Crippen LogP contribution in [0.2, 0.25) is 0 Å². The van der Waals surface area contributed by atoms with Crippen LogP contribution in [0.1, 0.15) is 0 Å². The third kappa shape index (κ3) is 11.4. The first kappa shape index (κ1) is 66.4. The van der Waals surface area contributed by atoms with Gasteiger partial charge in [0.2, 0.25) is 0 Å². The summed E-state index contributed by atoms with van der Waals surface area (Å²) in [7, 11) is 0. The highest BCUT2D eigenvalue weighted by Gasteiger charge is 2.24. The van der Waals surface area contributed by atoms with Crippen molar-refractivity contribution < 1.29 is 0 Å². The van der Waals surface area contributed by atoms with Gasteiger partial charge in [-0.3, -0.25) is 46.7 Å². The monoisotopic (exact) mass is 1460 g/mol. The number of pyridine rings is 6. The Balaban J connectivity index is 0.812. The second-order valence-corrected chi connectivity index (χ2v) is 28.5. The minimum Gasteiger partial charge on any atom is -0.268 e. The molecule has 10 heterocycles. The number of benzene rings is 11. The first-order chi connectivity index (χ1) is 56.1. The Labute approximate surface area is 649 Å². The highest BCUT2D eigenvalue weighted by molar-refractivity contribution is 6.02. The smallest absolute Gasteiger partial charge is 0.265 e. The van der Waals surface area contributed by atoms with Crippen LogP contribution in [0.25, 0.3) is 200 Å². The molecule has 0 bridgehead atoms. The maximum Gasteiger partial charge on any atom is 0.265 e. The summed E-state index contributed by atoms with van der Waals surface area (Å²) in [4.78, 5) is 86.4. The minimum absolute atomic E-state index is 0.147. The minimum atomic E-state index is -0.147. The molecule has 0 radical (unpaired) electrons. The fourth-order valence-electron chi connectivity index (χ4n) is 16.4. The summed E-state index contributed by atoms with van der Waals surface area (Å²) in [5, 5.41) is 2.15. The molecule has 0 saturated carbocycles. The molecule has 0 aliphatic rings. The highest BCUT2D eigenvalue weighted by atomic mass is 16.1. The van der Waals surface area contributed by atoms with Crippen LogP contribution in [0.15, 0.2) is 384 Å². The zero-order valence-electron chi connectivity index (χ0n) is 60.7. The Bertz CT molecular complexity index is 7060. The SMILES string of the molecule is O=c1c2ccccc2nc2cc(-c3ccccc3-c3cc(-c4ccccc4-c4ccn5c(=O)c6ccccc6nc5c4)cc(-c4cccc(-c5cc(-c6ccccc6-c6ccn7c(=O)c8ccccc8nc7c6)cc(-c6ccccc6-c6ccn7c(=O)c8ccccc8nc7c6)c5)c4-c4ccc(-c5ccccn5)nc4)c3)ccn12. The zero-order valence-corrected chi connectivity index (χ0v) is 60.7. The summed E-state index contributed by atoms with van der Waals surface area (Å²) < 4.78 is 6.43. The third-order valence-electron chi connectivity index (χ3n) is 21.8. The molecular weight excluding hydrogens is 1410 g/mol. The van der Waals surface area contributed by atoms with Gasteiger partial charge in [0.25, 0.3) is 22.2 Å². The first-order valence-corrected chi connectivity index (χ1v) is 37.5. The van der Waals surface area contributed by atoms with E-state index >= 15 is 0 Å². The lowest BCUT2D eigenvalue weighted by Crippen LogP contribution is -2.14. The Hall–Kier alpha value is -15.8. The normalized spacial score (nSPS) is 11.6. The summed E-state index contributed by atoms with van der Waals surface area (Å²) >= 11 is 0. The van der Waals surface area contributed by atoms with Crippen molar-refractivity contribution in [2.75, 3.05) is 0 Å². The van der Waals surface area contributed by atoms with Gasteiger partial charge >= 0.3 is 0 Å². The maximum atomic E-state index is 14.1. The summed E-state index contributed by atoms with van der Waals surface area (Å²) in [5.74, 6) is 0. The lowest BCUT2D eigenvalue weighted by molar-refractivity contribution is 1.08. The van der Waals surface area contributed by atoms with Gasteiger partial charge in [-0.2, -0.15) is 0 Å². The van der Waals surface area contributed by atoms with E-state index in [-0.39, 0.29) is 22.2 Å². The standard InChI is InChI=1S/C100H60N10O4/c111-97-82-28-9-13-34-86(82)103-92-56-61(41-46-107(92)97)72-20-1-5-24-76(72)66-50-67(77-25-6-2-21-73(77)62-42-47-108-93(57-62)104-87-35-14-10-29-83(87)98(108)112)53-70(52-66)80-32-19-33-81(96(80)65-39-40-91(102-60-65)90-38-17-18-45-101-90)71-54-68(78-26-7-3-22-74(78)63-43-48-109-94(58-63)105-88-36-15-11-30-84(88)99(109)113)51-69(55-71)79-27-8-4-23-75(79)64-44-49-110-95(59-64)106-89-37-16-12-31-85(89)100(110)114/h1-60H. The molecule has 0 saturated heterocycles. The number of para-hydroxylation sites is 4. The molecule has 21 rings (SSSR count). The molecule has 0 unspecified atom stereocenters. The van der Waals surface area contributed by atoms with Crippen LogP contribution >= 0.6 is 0 Å². The van der Waals surface area contributed by atoms with Crippen LogP contribution in [0.5, 0.6) is 0 Å². The van der Waals surface area contributed by atoms with Crippen LogP contribution in [-0.2, 0) is 0 Å². The molecule has 21 aromatic rings. The lowest BCUT2D eigenvalue weighted by atomic mass is 9.83. The number of rotatable bonds is 12. The summed E-state index contributed by atoms with van der Waals surface area (Å²) in [5.41, 5.74) is 25.3. The lowest BCUT2D eigenvalue weighted by Gasteiger charge is -2.21. The Kier molecular flexibility index (Phi) is 15.8. The molecule has 0 amide bonds. The fourth-order valence-corrected chi connectivity index (χ4v) is 16.4. The third-order valence-corrected chi connectivity index (χ3v) is 21.8. The highest BCUT2D eigenvalue weighted by Crippen LogP contribution is 2.48. The van der Waals surface area contributed by atoms with Gasteiger partial charge < -0.3 is 0 Å². The molecule has 0 aliphatic heterocycles. The molecule has 114 heavy (non-hydrogen) atoms. The van der Waals surface area contributed by atoms with Crippen molar-refractivity contribution in [2.45, 2.75) is 0 Å². The van der Waals surface area contributed by atoms with Gasteiger partial charge in [-0.25, -0.2) is 19.9 Å². The molecular formula is C100H60N10O4. The Morgan fingerprint density at radius 2 is 0.465 bits per heavy atom. The van der Waals surface area contributed by atoms with Crippen LogP contribution in [-0.4, -0.2) is 47.5 Å². The molecule has 0 fully saturated rings. The number of hydrogen-bond donors (Lipinski definition) is 0. The zero-order chi connectivity index (χ0) is 76.1. The van der Waals surface area contributed by atoms with Crippen LogP contribution in [0, 0.1) is 0 Å². The van der Waals surface area contributed by atoms with Gasteiger partial charge in [-0.1, -0.05) is 176 Å². The number of nitrogens with zero attached hydrogens (tertiary/aromatic N) is 10. The van der Waals surface area contributed by atoms with Crippen LogP contribution in [0.4, 0.5) is 0 Å². The van der Waals surface area contributed by atoms with Crippen molar-refractivity contribution in [1.82, 2.24) is 47.5 Å². The van der Waals surface area contributed by atoms with E-state index in [2.05, 4.69) is 133 Å². The van der Waals surface area contributed by atoms with Crippen molar-refractivity contribution >= 4 is 66.2 Å². The van der Waals surface area contributed by atoms with Crippen molar-refractivity contribution in [2.24, 2.45) is 0 Å². The van der Waals surface area contributed by atoms with E-state index in [1.807, 2.05) is 225 Å². The molecule has 14 nitrogen and oxygen atoms in total. The van der Waals surface area contributed by atoms with E-state index in [9.17, 15) is 19.2 Å². The predicted octanol–water partition coefficient (Wildman–Crippen LogP) is 21.1. The van der Waals surface area contributed by atoms with E-state index in [4.69, 9.17) is 29.9 Å². The van der Waals surface area contributed by atoms with Crippen molar-refractivity contribution in [3.05, 3.63) is 406 Å². The molecule has 0 spiro atoms. The number of fused-ring (bicyclic) bond motifs is 8. The average Bonchev–Trinajstić information content (AvgIpc) is 0.746. The summed E-state index contributed by atoms with van der Waals surface area (Å²) in [6, 6.07) is 109. The van der Waals surface area contributed by atoms with Gasteiger partial charge in [0.15, 0.2) is 0 Å². The van der Waals surface area contributed by atoms with Crippen molar-refractivity contribution in [1.29, 1.82) is 0 Å². The van der Waals surface area contributed by atoms with E-state index in [0.29, 0.717) is 71.9 Å². The van der Waals surface area contributed by atoms with Crippen molar-refractivity contribution in [3.8, 4) is 134 Å². The molecule has 10 aromatic heterocycles. The van der Waals surface area contributed by atoms with Crippen molar-refractivity contribution in [3.63, 3.8) is 0 Å². The van der Waals surface area contributed by atoms with Gasteiger partial charge in [0.1, 0.15) is 22.6 Å². The van der Waals surface area contributed by atoms with E-state index in [1.54, 1.807) is 23.8 Å². The first-order valence-electron chi connectivity index (χ1n) is 37.5. The number of aromatic nitrogens is 10. The van der Waals surface area contributed by atoms with Crippen LogP contribution < -0.4 is 22.2 Å². The second-order valence-electron chi connectivity index (χ2n) is 28.5. The van der Waals surface area contributed by atoms with E-state index < -0.39 is 0 Å². The molecule has 11 aromatic carbocycles. The predicted molar refractivity (Wildman–Crippen MR) is 457 cm³/mol. The van der Waals surface area contributed by atoms with E-state index in [1.165, 1.54) is 0 Å². The number of hydrogen-bond acceptors (Lipinski definition) is 10.